The molecule has 3 aromatic rings. The molecule has 1 amide bonds. The van der Waals surface area contributed by atoms with Gasteiger partial charge in [-0.15, -0.1) is 0 Å². The number of aromatic nitrogens is 2. The second kappa shape index (κ2) is 12.6. The Kier molecular flexibility index (Phi) is 8.45. The fraction of sp³-hybridized carbons (Fsp3) is 0.526. The van der Waals surface area contributed by atoms with Gasteiger partial charge < -0.3 is 30.6 Å². The molecule has 9 heteroatoms. The van der Waals surface area contributed by atoms with Crippen molar-refractivity contribution in [3.8, 4) is 16.9 Å². The number of amides is 1. The van der Waals surface area contributed by atoms with Crippen LogP contribution < -0.4 is 15.4 Å². The van der Waals surface area contributed by atoms with Crippen molar-refractivity contribution in [2.45, 2.75) is 77.2 Å². The van der Waals surface area contributed by atoms with E-state index in [2.05, 4.69) is 49.4 Å². The van der Waals surface area contributed by atoms with Crippen LogP contribution in [0.25, 0.3) is 22.0 Å². The number of benzene rings is 2. The van der Waals surface area contributed by atoms with E-state index in [0.29, 0.717) is 5.69 Å². The van der Waals surface area contributed by atoms with E-state index in [-0.39, 0.29) is 23.3 Å². The lowest BCUT2D eigenvalue weighted by Gasteiger charge is -2.54. The summed E-state index contributed by atoms with van der Waals surface area (Å²) in [5, 5.41) is 9.41. The number of hydrogen-bond donors (Lipinski definition) is 2. The van der Waals surface area contributed by atoms with Crippen molar-refractivity contribution in [1.29, 1.82) is 5.41 Å². The maximum atomic E-state index is 12.2. The van der Waals surface area contributed by atoms with Crippen molar-refractivity contribution in [3.63, 3.8) is 0 Å². The lowest BCUT2D eigenvalue weighted by molar-refractivity contribution is -0.139. The Balaban J connectivity index is 1.39. The van der Waals surface area contributed by atoms with E-state index in [9.17, 15) is 4.79 Å². The number of fused-ring (bicyclic) bond motifs is 1. The summed E-state index contributed by atoms with van der Waals surface area (Å²) in [4.78, 5) is 29.8. The first kappa shape index (κ1) is 31.6. The maximum absolute atomic E-state index is 12.2. The first-order chi connectivity index (χ1) is 22.7. The molecule has 3 aliphatic heterocycles. The molecule has 3 N–H and O–H groups in total. The van der Waals surface area contributed by atoms with Crippen molar-refractivity contribution in [3.05, 3.63) is 53.4 Å². The van der Waals surface area contributed by atoms with Gasteiger partial charge in [0, 0.05) is 65.9 Å². The van der Waals surface area contributed by atoms with Crippen LogP contribution >= 0.6 is 0 Å². The van der Waals surface area contributed by atoms with Crippen LogP contribution in [0.1, 0.15) is 80.3 Å². The third kappa shape index (κ3) is 5.66. The third-order valence-electron chi connectivity index (χ3n) is 11.4. The minimum absolute atomic E-state index is 0.0334. The van der Waals surface area contributed by atoms with Crippen molar-refractivity contribution in [2.75, 3.05) is 56.9 Å². The number of carbonyl (C=O) groups is 1. The number of hydrogen-bond acceptors (Lipinski definition) is 8. The highest BCUT2D eigenvalue weighted by atomic mass is 16.5. The van der Waals surface area contributed by atoms with Gasteiger partial charge in [-0.25, -0.2) is 9.97 Å². The monoisotopic (exact) mass is 635 g/mol. The topological polar surface area (TPSA) is 112 Å². The van der Waals surface area contributed by atoms with Crippen LogP contribution in [0.2, 0.25) is 0 Å². The van der Waals surface area contributed by atoms with Crippen LogP contribution in [0.4, 0.5) is 11.5 Å². The summed E-state index contributed by atoms with van der Waals surface area (Å²) < 4.78 is 7.01. The zero-order valence-electron chi connectivity index (χ0n) is 28.3. The number of nitrogens with two attached hydrogens (primary N) is 1. The molecule has 4 heterocycles. The standard InChI is InChI=1S/C38H49N7O2/c1-5-25-20-28-34(35(47-27-8-7-9-27)33(25)32-24(3)10-11-30(40)29(32)21-39)41-36(26-12-16-43(4)17-13-26)42-37(28)44-18-14-38(15-19-44)22-45(23-38)31(46)6-2/h6,10-11,20-21,26-27,39H,2,5,7-9,12-19,22-23,40H2,1,3-4H3. The zero-order valence-corrected chi connectivity index (χ0v) is 28.3. The molecule has 4 aliphatic rings. The average molecular weight is 636 g/mol. The molecule has 4 fully saturated rings. The van der Waals surface area contributed by atoms with Crippen LogP contribution in [0, 0.1) is 17.7 Å². The number of likely N-dealkylation sites (tertiary alicyclic amines) is 2. The van der Waals surface area contributed by atoms with Gasteiger partial charge in [-0.1, -0.05) is 19.6 Å². The molecule has 0 bridgehead atoms. The molecule has 1 spiro atoms. The number of rotatable bonds is 8. The van der Waals surface area contributed by atoms with Gasteiger partial charge in [-0.2, -0.15) is 0 Å². The summed E-state index contributed by atoms with van der Waals surface area (Å²) in [5.41, 5.74) is 13.1. The molecule has 0 atom stereocenters. The number of nitrogens with one attached hydrogen (secondary N) is 1. The molecule has 7 rings (SSSR count). The summed E-state index contributed by atoms with van der Waals surface area (Å²) in [7, 11) is 2.19. The van der Waals surface area contributed by atoms with Gasteiger partial charge in [0.1, 0.15) is 17.2 Å². The van der Waals surface area contributed by atoms with Crippen LogP contribution in [-0.4, -0.2) is 84.3 Å². The Morgan fingerprint density at radius 2 is 1.83 bits per heavy atom. The molecular formula is C38H49N7O2. The molecule has 248 valence electrons. The Bertz CT molecular complexity index is 1710. The highest BCUT2D eigenvalue weighted by Crippen LogP contribution is 2.48. The molecule has 2 aromatic carbocycles. The predicted octanol–water partition coefficient (Wildman–Crippen LogP) is 6.10. The van der Waals surface area contributed by atoms with Crippen molar-refractivity contribution in [1.82, 2.24) is 19.8 Å². The van der Waals surface area contributed by atoms with Crippen molar-refractivity contribution in [2.24, 2.45) is 5.41 Å². The third-order valence-corrected chi connectivity index (χ3v) is 11.4. The van der Waals surface area contributed by atoms with Gasteiger partial charge in [-0.3, -0.25) is 4.79 Å². The number of anilines is 2. The second-order valence-corrected chi connectivity index (χ2v) is 14.4. The van der Waals surface area contributed by atoms with Crippen LogP contribution in [-0.2, 0) is 11.2 Å². The Morgan fingerprint density at radius 3 is 2.45 bits per heavy atom. The van der Waals surface area contributed by atoms with Crippen LogP contribution in [0.3, 0.4) is 0 Å². The molecular weight excluding hydrogens is 586 g/mol. The SMILES string of the molecule is C=CC(=O)N1CC2(CCN(c3nc(C4CCN(C)CC4)nc4c(OC5CCC5)c(-c5c(C)ccc(N)c5C=N)c(CC)cc34)CC2)C1. The van der Waals surface area contributed by atoms with Gasteiger partial charge in [0.2, 0.25) is 5.91 Å². The van der Waals surface area contributed by atoms with Gasteiger partial charge in [0.25, 0.3) is 0 Å². The van der Waals surface area contributed by atoms with Crippen molar-refractivity contribution >= 4 is 34.5 Å². The number of ether oxygens (including phenoxy) is 1. The van der Waals surface area contributed by atoms with E-state index in [1.807, 2.05) is 11.0 Å². The smallest absolute Gasteiger partial charge is 0.245 e. The maximum Gasteiger partial charge on any atom is 0.245 e. The zero-order chi connectivity index (χ0) is 32.9. The predicted molar refractivity (Wildman–Crippen MR) is 190 cm³/mol. The average Bonchev–Trinajstić information content (AvgIpc) is 3.05. The quantitative estimate of drug-likeness (QED) is 0.175. The summed E-state index contributed by atoms with van der Waals surface area (Å²) in [6, 6.07) is 6.24. The summed E-state index contributed by atoms with van der Waals surface area (Å²) in [6.45, 7) is 13.4. The summed E-state index contributed by atoms with van der Waals surface area (Å²) in [5.74, 6) is 3.06. The molecule has 0 unspecified atom stereocenters. The van der Waals surface area contributed by atoms with Crippen LogP contribution in [0.5, 0.6) is 5.75 Å². The van der Waals surface area contributed by atoms with Crippen LogP contribution in [0.15, 0.2) is 30.9 Å². The molecule has 3 saturated heterocycles. The number of aryl methyl sites for hydroxylation is 2. The number of nitrogens with zero attached hydrogens (tertiary/aromatic N) is 5. The largest absolute Gasteiger partial charge is 0.487 e. The Morgan fingerprint density at radius 1 is 1.11 bits per heavy atom. The first-order valence-electron chi connectivity index (χ1n) is 17.5. The molecule has 1 aliphatic carbocycles. The number of carbonyl (C=O) groups excluding carboxylic acids is 1. The van der Waals surface area contributed by atoms with Gasteiger partial charge in [0.15, 0.2) is 5.75 Å². The molecule has 47 heavy (non-hydrogen) atoms. The number of nitrogen functional groups attached to an aromatic ring is 1. The fourth-order valence-corrected chi connectivity index (χ4v) is 8.09. The van der Waals surface area contributed by atoms with Gasteiger partial charge in [0.05, 0.1) is 6.10 Å². The highest BCUT2D eigenvalue weighted by molar-refractivity contribution is 6.04. The van der Waals surface area contributed by atoms with E-state index in [4.69, 9.17) is 25.8 Å². The molecule has 0 radical (unpaired) electrons. The number of piperidine rings is 2. The summed E-state index contributed by atoms with van der Waals surface area (Å²) >= 11 is 0. The highest BCUT2D eigenvalue weighted by Gasteiger charge is 2.46. The normalized spacial score (nSPS) is 20.2. The van der Waals surface area contributed by atoms with Gasteiger partial charge >= 0.3 is 0 Å². The van der Waals surface area contributed by atoms with Crippen molar-refractivity contribution < 1.29 is 9.53 Å². The van der Waals surface area contributed by atoms with E-state index >= 15 is 0 Å². The minimum atomic E-state index is 0.0334. The molecule has 9 nitrogen and oxygen atoms in total. The van der Waals surface area contributed by atoms with Gasteiger partial charge in [-0.05, 0) is 113 Å². The van der Waals surface area contributed by atoms with E-state index in [1.54, 1.807) is 0 Å². The molecule has 1 aromatic heterocycles. The second-order valence-electron chi connectivity index (χ2n) is 14.4. The lowest BCUT2D eigenvalue weighted by Crippen LogP contribution is -2.61. The molecule has 1 saturated carbocycles. The lowest BCUT2D eigenvalue weighted by atomic mass is 9.72. The first-order valence-corrected chi connectivity index (χ1v) is 17.5. The fourth-order valence-electron chi connectivity index (χ4n) is 8.09. The van der Waals surface area contributed by atoms with E-state index < -0.39 is 0 Å². The van der Waals surface area contributed by atoms with E-state index in [0.717, 1.165) is 140 Å². The minimum Gasteiger partial charge on any atom is -0.487 e. The Labute approximate surface area is 278 Å². The Hall–Kier alpha value is -3.98. The van der Waals surface area contributed by atoms with E-state index in [1.165, 1.54) is 18.7 Å². The summed E-state index contributed by atoms with van der Waals surface area (Å²) in [6.07, 6.45) is 11.1.